The van der Waals surface area contributed by atoms with Gasteiger partial charge in [-0.2, -0.15) is 0 Å². The van der Waals surface area contributed by atoms with E-state index in [-0.39, 0.29) is 23.7 Å². The molecule has 8 heteroatoms. The lowest BCUT2D eigenvalue weighted by Gasteiger charge is -2.24. The van der Waals surface area contributed by atoms with E-state index in [1.54, 1.807) is 0 Å². The van der Waals surface area contributed by atoms with Gasteiger partial charge in [0.15, 0.2) is 0 Å². The van der Waals surface area contributed by atoms with Crippen LogP contribution in [0, 0.1) is 0 Å². The van der Waals surface area contributed by atoms with Gasteiger partial charge in [-0.1, -0.05) is 27.7 Å². The highest BCUT2D eigenvalue weighted by molar-refractivity contribution is 5.96. The number of carbonyl (C=O) groups is 1. The number of rotatable bonds is 17. The Balaban J connectivity index is 2.00. The van der Waals surface area contributed by atoms with Crippen LogP contribution in [0.5, 0.6) is 11.5 Å². The van der Waals surface area contributed by atoms with Crippen molar-refractivity contribution in [1.29, 1.82) is 0 Å². The first-order valence-electron chi connectivity index (χ1n) is 14.2. The third-order valence-corrected chi connectivity index (χ3v) is 6.69. The third-order valence-electron chi connectivity index (χ3n) is 6.69. The van der Waals surface area contributed by atoms with Crippen LogP contribution < -0.4 is 20.1 Å². The summed E-state index contributed by atoms with van der Waals surface area (Å²) < 4.78 is 18.3. The summed E-state index contributed by atoms with van der Waals surface area (Å²) in [5.41, 5.74) is 0.440. The maximum Gasteiger partial charge on any atom is 0.241 e. The molecule has 0 aliphatic carbocycles. The molecule has 0 saturated carbocycles. The molecule has 212 valence electrons. The molecule has 1 saturated heterocycles. The summed E-state index contributed by atoms with van der Waals surface area (Å²) in [5.74, 6) is 1.34. The molecule has 2 N–H and O–H groups in total. The second kappa shape index (κ2) is 16.2. The van der Waals surface area contributed by atoms with Gasteiger partial charge < -0.3 is 34.6 Å². The van der Waals surface area contributed by atoms with Crippen LogP contribution in [0.1, 0.15) is 67.7 Å². The Kier molecular flexibility index (Phi) is 13.7. The number of hydrogen-bond acceptors (Lipinski definition) is 7. The zero-order valence-electron chi connectivity index (χ0n) is 24.4. The molecule has 37 heavy (non-hydrogen) atoms. The van der Waals surface area contributed by atoms with E-state index < -0.39 is 0 Å². The molecular formula is C29H52N4O4. The van der Waals surface area contributed by atoms with Gasteiger partial charge in [0.2, 0.25) is 5.91 Å². The van der Waals surface area contributed by atoms with Crippen molar-refractivity contribution in [1.82, 2.24) is 15.1 Å². The van der Waals surface area contributed by atoms with Crippen molar-refractivity contribution in [2.24, 2.45) is 0 Å². The van der Waals surface area contributed by atoms with Crippen molar-refractivity contribution in [2.45, 2.75) is 85.5 Å². The number of ether oxygens (including phenoxy) is 3. The lowest BCUT2D eigenvalue weighted by molar-refractivity contribution is -0.118. The van der Waals surface area contributed by atoms with E-state index in [2.05, 4.69) is 48.1 Å². The molecule has 1 amide bonds. The number of nitrogens with zero attached hydrogens (tertiary/aromatic N) is 2. The zero-order chi connectivity index (χ0) is 27.3. The fraction of sp³-hybridized carbons (Fsp3) is 0.759. The lowest BCUT2D eigenvalue weighted by Crippen LogP contribution is -2.35. The molecule has 1 fully saturated rings. The van der Waals surface area contributed by atoms with E-state index in [4.69, 9.17) is 14.2 Å². The Morgan fingerprint density at radius 1 is 0.973 bits per heavy atom. The Hall–Kier alpha value is -1.87. The quantitative estimate of drug-likeness (QED) is 0.295. The maximum absolute atomic E-state index is 13.1. The SMILES string of the molecule is CCN(CC)CCCOc1ccc(NC(=O)[C@@H]2C[C@@H](OC(C)(C)C)CN2)c(OCCCN(CC)CC)c1. The van der Waals surface area contributed by atoms with Gasteiger partial charge in [0.05, 0.1) is 36.6 Å². The molecule has 0 aromatic heterocycles. The Morgan fingerprint density at radius 3 is 2.14 bits per heavy atom. The van der Waals surface area contributed by atoms with Crippen LogP contribution in [0.4, 0.5) is 5.69 Å². The molecule has 0 radical (unpaired) electrons. The summed E-state index contributed by atoms with van der Waals surface area (Å²) in [6, 6.07) is 5.40. The molecule has 0 unspecified atom stereocenters. The molecule has 1 heterocycles. The highest BCUT2D eigenvalue weighted by atomic mass is 16.5. The number of amides is 1. The van der Waals surface area contributed by atoms with Crippen molar-refractivity contribution in [3.63, 3.8) is 0 Å². The van der Waals surface area contributed by atoms with Gasteiger partial charge in [-0.3, -0.25) is 4.79 Å². The predicted molar refractivity (Wildman–Crippen MR) is 152 cm³/mol. The zero-order valence-corrected chi connectivity index (χ0v) is 24.4. The Labute approximate surface area is 225 Å². The Bertz CT molecular complexity index is 791. The van der Waals surface area contributed by atoms with Gasteiger partial charge in [0.1, 0.15) is 11.5 Å². The maximum atomic E-state index is 13.1. The molecule has 1 aromatic carbocycles. The summed E-state index contributed by atoms with van der Waals surface area (Å²) in [4.78, 5) is 17.8. The van der Waals surface area contributed by atoms with Crippen molar-refractivity contribution >= 4 is 11.6 Å². The van der Waals surface area contributed by atoms with Gasteiger partial charge in [-0.25, -0.2) is 0 Å². The van der Waals surface area contributed by atoms with E-state index in [1.165, 1.54) is 0 Å². The number of hydrogen-bond donors (Lipinski definition) is 2. The van der Waals surface area contributed by atoms with Crippen molar-refractivity contribution < 1.29 is 19.0 Å². The summed E-state index contributed by atoms with van der Waals surface area (Å²) in [6.45, 7) is 22.9. The van der Waals surface area contributed by atoms with Crippen LogP contribution in [0.15, 0.2) is 18.2 Å². The van der Waals surface area contributed by atoms with Crippen molar-refractivity contribution in [2.75, 3.05) is 64.3 Å². The van der Waals surface area contributed by atoms with E-state index in [0.29, 0.717) is 37.6 Å². The lowest BCUT2D eigenvalue weighted by atomic mass is 10.1. The van der Waals surface area contributed by atoms with Gasteiger partial charge in [0.25, 0.3) is 0 Å². The smallest absolute Gasteiger partial charge is 0.241 e. The molecule has 2 atom stereocenters. The first-order valence-corrected chi connectivity index (χ1v) is 14.2. The predicted octanol–water partition coefficient (Wildman–Crippen LogP) is 4.39. The van der Waals surface area contributed by atoms with Crippen molar-refractivity contribution in [3.8, 4) is 11.5 Å². The van der Waals surface area contributed by atoms with E-state index >= 15 is 0 Å². The monoisotopic (exact) mass is 520 g/mol. The molecule has 1 aromatic rings. The van der Waals surface area contributed by atoms with Crippen molar-refractivity contribution in [3.05, 3.63) is 18.2 Å². The first-order chi connectivity index (χ1) is 17.7. The van der Waals surface area contributed by atoms with Crippen LogP contribution in [0.2, 0.25) is 0 Å². The van der Waals surface area contributed by atoms with Crippen LogP contribution >= 0.6 is 0 Å². The van der Waals surface area contributed by atoms with Crippen LogP contribution in [0.25, 0.3) is 0 Å². The fourth-order valence-corrected chi connectivity index (χ4v) is 4.56. The highest BCUT2D eigenvalue weighted by Gasteiger charge is 2.32. The van der Waals surface area contributed by atoms with E-state index in [9.17, 15) is 4.79 Å². The topological polar surface area (TPSA) is 75.3 Å². The molecule has 8 nitrogen and oxygen atoms in total. The molecule has 0 spiro atoms. The highest BCUT2D eigenvalue weighted by Crippen LogP contribution is 2.30. The standard InChI is InChI=1S/C29H52N4O4/c1-8-32(9-2)16-12-18-35-23-14-15-25(27(21-23)36-19-13-17-33(10-3)11-4)31-28(34)26-20-24(22-30-26)37-29(5,6)7/h14-15,21,24,26,30H,8-13,16-20,22H2,1-7H3,(H,31,34)/t24-,26+/m1/s1. The van der Waals surface area contributed by atoms with E-state index in [1.807, 2.05) is 39.0 Å². The minimum absolute atomic E-state index is 0.0265. The third kappa shape index (κ3) is 11.6. The number of nitrogens with one attached hydrogen (secondary N) is 2. The number of anilines is 1. The van der Waals surface area contributed by atoms with E-state index in [0.717, 1.165) is 57.9 Å². The van der Waals surface area contributed by atoms with Gasteiger partial charge in [-0.05, 0) is 78.3 Å². The van der Waals surface area contributed by atoms with Gasteiger partial charge >= 0.3 is 0 Å². The molecular weight excluding hydrogens is 468 g/mol. The second-order valence-corrected chi connectivity index (χ2v) is 10.7. The minimum atomic E-state index is -0.293. The summed E-state index contributed by atoms with van der Waals surface area (Å²) in [6.07, 6.45) is 2.56. The van der Waals surface area contributed by atoms with Crippen LogP contribution in [-0.2, 0) is 9.53 Å². The van der Waals surface area contributed by atoms with Gasteiger partial charge in [-0.15, -0.1) is 0 Å². The fourth-order valence-electron chi connectivity index (χ4n) is 4.56. The molecule has 2 rings (SSSR count). The normalized spacial score (nSPS) is 18.0. The summed E-state index contributed by atoms with van der Waals surface area (Å²) in [5, 5.41) is 6.38. The number of benzene rings is 1. The summed E-state index contributed by atoms with van der Waals surface area (Å²) in [7, 11) is 0. The Morgan fingerprint density at radius 2 is 1.57 bits per heavy atom. The van der Waals surface area contributed by atoms with Gasteiger partial charge in [0, 0.05) is 25.7 Å². The van der Waals surface area contributed by atoms with Crippen LogP contribution in [-0.4, -0.2) is 92.5 Å². The molecule has 0 bridgehead atoms. The molecule has 1 aliphatic heterocycles. The largest absolute Gasteiger partial charge is 0.493 e. The molecule has 1 aliphatic rings. The average Bonchev–Trinajstić information content (AvgIpc) is 3.32. The minimum Gasteiger partial charge on any atom is -0.493 e. The average molecular weight is 521 g/mol. The van der Waals surface area contributed by atoms with Crippen LogP contribution in [0.3, 0.4) is 0 Å². The number of carbonyl (C=O) groups excluding carboxylic acids is 1. The second-order valence-electron chi connectivity index (χ2n) is 10.7. The summed E-state index contributed by atoms with van der Waals surface area (Å²) >= 11 is 0. The first kappa shape index (κ1) is 31.3.